The van der Waals surface area contributed by atoms with Gasteiger partial charge >= 0.3 is 0 Å². The van der Waals surface area contributed by atoms with Crippen molar-refractivity contribution in [2.24, 2.45) is 0 Å². The summed E-state index contributed by atoms with van der Waals surface area (Å²) in [5.41, 5.74) is 6.46. The standard InChI is InChI=1S/C8H11N5S/c1-2-8-10-6(5-14-8)3-13-4-7(9)11-12-13/h4-5H,2-3,9H2,1H3. The Labute approximate surface area is 85.6 Å². The topological polar surface area (TPSA) is 69.6 Å². The maximum Gasteiger partial charge on any atom is 0.165 e. The van der Waals surface area contributed by atoms with Gasteiger partial charge in [-0.25, -0.2) is 9.67 Å². The summed E-state index contributed by atoms with van der Waals surface area (Å²) >= 11 is 1.67. The number of rotatable bonds is 3. The van der Waals surface area contributed by atoms with Crippen molar-refractivity contribution >= 4 is 17.2 Å². The molecule has 0 amide bonds. The highest BCUT2D eigenvalue weighted by Crippen LogP contribution is 2.11. The van der Waals surface area contributed by atoms with E-state index in [1.165, 1.54) is 0 Å². The first kappa shape index (κ1) is 9.14. The van der Waals surface area contributed by atoms with E-state index in [9.17, 15) is 0 Å². The third-order valence-corrected chi connectivity index (χ3v) is 2.82. The largest absolute Gasteiger partial charge is 0.381 e. The van der Waals surface area contributed by atoms with Gasteiger partial charge in [0.1, 0.15) is 0 Å². The lowest BCUT2D eigenvalue weighted by Gasteiger charge is -1.94. The molecule has 74 valence electrons. The van der Waals surface area contributed by atoms with E-state index in [1.807, 2.05) is 5.38 Å². The van der Waals surface area contributed by atoms with Crippen molar-refractivity contribution in [2.45, 2.75) is 19.9 Å². The van der Waals surface area contributed by atoms with Crippen molar-refractivity contribution in [3.8, 4) is 0 Å². The molecule has 0 radical (unpaired) electrons. The molecule has 0 aliphatic heterocycles. The number of aryl methyl sites for hydroxylation is 1. The third kappa shape index (κ3) is 1.90. The minimum atomic E-state index is 0.441. The molecule has 0 aliphatic rings. The van der Waals surface area contributed by atoms with Gasteiger partial charge in [-0.05, 0) is 6.42 Å². The lowest BCUT2D eigenvalue weighted by atomic mass is 10.4. The smallest absolute Gasteiger partial charge is 0.165 e. The van der Waals surface area contributed by atoms with Crippen LogP contribution < -0.4 is 5.73 Å². The second-order valence-electron chi connectivity index (χ2n) is 2.93. The minimum Gasteiger partial charge on any atom is -0.381 e. The summed E-state index contributed by atoms with van der Waals surface area (Å²) in [6, 6.07) is 0. The molecule has 0 fully saturated rings. The summed E-state index contributed by atoms with van der Waals surface area (Å²) in [6.07, 6.45) is 2.68. The summed E-state index contributed by atoms with van der Waals surface area (Å²) in [6.45, 7) is 2.73. The predicted octanol–water partition coefficient (Wildman–Crippen LogP) is 0.927. The fourth-order valence-corrected chi connectivity index (χ4v) is 1.88. The van der Waals surface area contributed by atoms with E-state index in [4.69, 9.17) is 5.73 Å². The average Bonchev–Trinajstić information content (AvgIpc) is 2.76. The van der Waals surface area contributed by atoms with Crippen molar-refractivity contribution in [3.05, 3.63) is 22.3 Å². The molecule has 0 saturated carbocycles. The molecular formula is C8H11N5S. The zero-order chi connectivity index (χ0) is 9.97. The zero-order valence-corrected chi connectivity index (χ0v) is 8.66. The number of anilines is 1. The summed E-state index contributed by atoms with van der Waals surface area (Å²) in [4.78, 5) is 4.42. The van der Waals surface area contributed by atoms with Gasteiger partial charge in [0.05, 0.1) is 23.4 Å². The van der Waals surface area contributed by atoms with Crippen LogP contribution in [-0.4, -0.2) is 20.0 Å². The molecule has 0 bridgehead atoms. The van der Waals surface area contributed by atoms with Crippen LogP contribution in [0.5, 0.6) is 0 Å². The van der Waals surface area contributed by atoms with Gasteiger partial charge in [0.25, 0.3) is 0 Å². The number of hydrogen-bond donors (Lipinski definition) is 1. The number of thiazole rings is 1. The van der Waals surface area contributed by atoms with E-state index >= 15 is 0 Å². The minimum absolute atomic E-state index is 0.441. The average molecular weight is 209 g/mol. The highest BCUT2D eigenvalue weighted by Gasteiger charge is 2.02. The second-order valence-corrected chi connectivity index (χ2v) is 3.87. The zero-order valence-electron chi connectivity index (χ0n) is 7.84. The Balaban J connectivity index is 2.10. The fraction of sp³-hybridized carbons (Fsp3) is 0.375. The molecule has 5 nitrogen and oxygen atoms in total. The Morgan fingerprint density at radius 2 is 2.43 bits per heavy atom. The van der Waals surface area contributed by atoms with E-state index < -0.39 is 0 Å². The maximum atomic E-state index is 5.45. The molecular weight excluding hydrogens is 198 g/mol. The second kappa shape index (κ2) is 3.75. The highest BCUT2D eigenvalue weighted by molar-refractivity contribution is 7.09. The molecule has 0 aromatic carbocycles. The van der Waals surface area contributed by atoms with E-state index in [1.54, 1.807) is 22.2 Å². The van der Waals surface area contributed by atoms with E-state index in [-0.39, 0.29) is 0 Å². The van der Waals surface area contributed by atoms with Gasteiger partial charge in [-0.2, -0.15) is 0 Å². The van der Waals surface area contributed by atoms with Gasteiger partial charge in [0, 0.05) is 5.38 Å². The number of hydrogen-bond acceptors (Lipinski definition) is 5. The SMILES string of the molecule is CCc1nc(Cn2cc(N)nn2)cs1. The van der Waals surface area contributed by atoms with Crippen LogP contribution in [0.3, 0.4) is 0 Å². The van der Waals surface area contributed by atoms with Crippen LogP contribution >= 0.6 is 11.3 Å². The maximum absolute atomic E-state index is 5.45. The first-order valence-electron chi connectivity index (χ1n) is 4.37. The van der Waals surface area contributed by atoms with Crippen LogP contribution in [0.15, 0.2) is 11.6 Å². The fourth-order valence-electron chi connectivity index (χ4n) is 1.14. The number of nitrogen functional groups attached to an aromatic ring is 1. The monoisotopic (exact) mass is 209 g/mol. The van der Waals surface area contributed by atoms with Crippen molar-refractivity contribution in [1.82, 2.24) is 20.0 Å². The summed E-state index contributed by atoms with van der Waals surface area (Å²) in [5, 5.41) is 10.7. The van der Waals surface area contributed by atoms with Gasteiger partial charge in [-0.3, -0.25) is 0 Å². The van der Waals surface area contributed by atoms with Crippen molar-refractivity contribution in [2.75, 3.05) is 5.73 Å². The summed E-state index contributed by atoms with van der Waals surface area (Å²) in [5.74, 6) is 0.441. The van der Waals surface area contributed by atoms with Crippen molar-refractivity contribution in [3.63, 3.8) is 0 Å². The molecule has 0 spiro atoms. The Bertz CT molecular complexity index is 419. The molecule has 2 N–H and O–H groups in total. The van der Waals surface area contributed by atoms with Gasteiger partial charge in [0.2, 0.25) is 0 Å². The molecule has 0 saturated heterocycles. The van der Waals surface area contributed by atoms with Gasteiger partial charge < -0.3 is 5.73 Å². The molecule has 2 heterocycles. The van der Waals surface area contributed by atoms with E-state index in [2.05, 4.69) is 22.2 Å². The Morgan fingerprint density at radius 3 is 3.00 bits per heavy atom. The van der Waals surface area contributed by atoms with Crippen LogP contribution in [0, 0.1) is 0 Å². The lowest BCUT2D eigenvalue weighted by molar-refractivity contribution is 0.640. The Morgan fingerprint density at radius 1 is 1.57 bits per heavy atom. The number of nitrogens with two attached hydrogens (primary N) is 1. The first-order chi connectivity index (χ1) is 6.78. The highest BCUT2D eigenvalue weighted by atomic mass is 32.1. The van der Waals surface area contributed by atoms with Crippen LogP contribution in [0.4, 0.5) is 5.82 Å². The number of aromatic nitrogens is 4. The van der Waals surface area contributed by atoms with Crippen LogP contribution in [0.25, 0.3) is 0 Å². The Hall–Kier alpha value is -1.43. The van der Waals surface area contributed by atoms with Gasteiger partial charge in [-0.15, -0.1) is 16.4 Å². The first-order valence-corrected chi connectivity index (χ1v) is 5.24. The van der Waals surface area contributed by atoms with Gasteiger partial charge in [0.15, 0.2) is 5.82 Å². The normalized spacial score (nSPS) is 10.6. The third-order valence-electron chi connectivity index (χ3n) is 1.78. The molecule has 2 aromatic heterocycles. The van der Waals surface area contributed by atoms with Crippen LogP contribution in [0.2, 0.25) is 0 Å². The molecule has 2 aromatic rings. The Kier molecular flexibility index (Phi) is 2.45. The van der Waals surface area contributed by atoms with E-state index in [0.717, 1.165) is 17.1 Å². The van der Waals surface area contributed by atoms with Crippen molar-refractivity contribution < 1.29 is 0 Å². The summed E-state index contributed by atoms with van der Waals surface area (Å²) < 4.78 is 1.68. The molecule has 2 rings (SSSR count). The molecule has 0 unspecified atom stereocenters. The van der Waals surface area contributed by atoms with Crippen LogP contribution in [0.1, 0.15) is 17.6 Å². The van der Waals surface area contributed by atoms with E-state index in [0.29, 0.717) is 12.4 Å². The van der Waals surface area contributed by atoms with Crippen LogP contribution in [-0.2, 0) is 13.0 Å². The molecule has 0 aliphatic carbocycles. The molecule has 0 atom stereocenters. The quantitative estimate of drug-likeness (QED) is 0.816. The van der Waals surface area contributed by atoms with Gasteiger partial charge in [-0.1, -0.05) is 12.1 Å². The number of nitrogens with zero attached hydrogens (tertiary/aromatic N) is 4. The molecule has 14 heavy (non-hydrogen) atoms. The predicted molar refractivity (Wildman–Crippen MR) is 55.0 cm³/mol. The van der Waals surface area contributed by atoms with Crippen molar-refractivity contribution in [1.29, 1.82) is 0 Å². The molecule has 6 heteroatoms. The lowest BCUT2D eigenvalue weighted by Crippen LogP contribution is -2.00. The summed E-state index contributed by atoms with van der Waals surface area (Å²) in [7, 11) is 0.